The zero-order valence-corrected chi connectivity index (χ0v) is 25.0. The van der Waals surface area contributed by atoms with Crippen molar-refractivity contribution in [3.05, 3.63) is 95.6 Å². The quantitative estimate of drug-likeness (QED) is 0.299. The molecule has 226 valence electrons. The first-order valence-electron chi connectivity index (χ1n) is 14.5. The summed E-state index contributed by atoms with van der Waals surface area (Å²) in [6.07, 6.45) is 1.11. The molecule has 9 nitrogen and oxygen atoms in total. The molecule has 0 unspecified atom stereocenters. The standard InChI is InChI=1S/C34H39N3O6/c1-34(2,3)43-32(38)36-28(24-40-31-11-7-10-27(21-31)22-35)20-25-12-14-29(15-13-25)42-30-16-18-37(19-17-30)33(39)41-23-26-8-5-4-6-9-26/h4-15,21,28,30H,16-20,23-24H2,1-3H3,(H,36,38)/t28-/m0/s1. The number of alkyl carbamates (subject to hydrolysis) is 1. The molecule has 2 amide bonds. The molecule has 43 heavy (non-hydrogen) atoms. The lowest BCUT2D eigenvalue weighted by atomic mass is 10.1. The van der Waals surface area contributed by atoms with E-state index in [1.54, 1.807) is 29.2 Å². The van der Waals surface area contributed by atoms with E-state index in [0.29, 0.717) is 43.7 Å². The number of nitrogens with zero attached hydrogens (tertiary/aromatic N) is 2. The molecule has 0 bridgehead atoms. The number of piperidine rings is 1. The predicted molar refractivity (Wildman–Crippen MR) is 162 cm³/mol. The van der Waals surface area contributed by atoms with Crippen LogP contribution in [0.25, 0.3) is 0 Å². The van der Waals surface area contributed by atoms with E-state index < -0.39 is 11.7 Å². The van der Waals surface area contributed by atoms with Crippen LogP contribution >= 0.6 is 0 Å². The first kappa shape index (κ1) is 31.2. The summed E-state index contributed by atoms with van der Waals surface area (Å²) in [5.41, 5.74) is 1.81. The molecule has 9 heteroatoms. The predicted octanol–water partition coefficient (Wildman–Crippen LogP) is 6.25. The summed E-state index contributed by atoms with van der Waals surface area (Å²) in [5, 5.41) is 12.1. The zero-order valence-electron chi connectivity index (χ0n) is 25.0. The molecule has 1 N–H and O–H groups in total. The van der Waals surface area contributed by atoms with E-state index in [4.69, 9.17) is 24.2 Å². The molecule has 3 aromatic carbocycles. The third-order valence-electron chi connectivity index (χ3n) is 6.75. The van der Waals surface area contributed by atoms with E-state index in [9.17, 15) is 9.59 Å². The number of likely N-dealkylation sites (tertiary alicyclic amines) is 1. The van der Waals surface area contributed by atoms with E-state index in [2.05, 4.69) is 11.4 Å². The van der Waals surface area contributed by atoms with Crippen LogP contribution in [-0.4, -0.2) is 54.5 Å². The van der Waals surface area contributed by atoms with Gasteiger partial charge in [0.1, 0.15) is 36.4 Å². The average molecular weight is 586 g/mol. The minimum absolute atomic E-state index is 0.00295. The molecular weight excluding hydrogens is 546 g/mol. The van der Waals surface area contributed by atoms with E-state index in [0.717, 1.165) is 16.9 Å². The van der Waals surface area contributed by atoms with Crippen LogP contribution in [0.4, 0.5) is 9.59 Å². The second-order valence-electron chi connectivity index (χ2n) is 11.5. The average Bonchev–Trinajstić information content (AvgIpc) is 2.99. The summed E-state index contributed by atoms with van der Waals surface area (Å²) < 4.78 is 23.0. The third kappa shape index (κ3) is 10.6. The van der Waals surface area contributed by atoms with Crippen molar-refractivity contribution < 1.29 is 28.5 Å². The van der Waals surface area contributed by atoms with Crippen LogP contribution in [0.5, 0.6) is 11.5 Å². The summed E-state index contributed by atoms with van der Waals surface area (Å²) in [4.78, 5) is 26.7. The van der Waals surface area contributed by atoms with Crippen LogP contribution in [0.2, 0.25) is 0 Å². The number of rotatable bonds is 10. The van der Waals surface area contributed by atoms with Crippen LogP contribution in [0.15, 0.2) is 78.9 Å². The van der Waals surface area contributed by atoms with Gasteiger partial charge in [-0.2, -0.15) is 5.26 Å². The van der Waals surface area contributed by atoms with Crippen molar-refractivity contribution in [2.75, 3.05) is 19.7 Å². The van der Waals surface area contributed by atoms with Gasteiger partial charge >= 0.3 is 12.2 Å². The highest BCUT2D eigenvalue weighted by Crippen LogP contribution is 2.21. The van der Waals surface area contributed by atoms with Crippen LogP contribution in [-0.2, 0) is 22.5 Å². The Morgan fingerprint density at radius 3 is 2.35 bits per heavy atom. The fraction of sp³-hybridized carbons (Fsp3) is 0.382. The Kier molecular flexibility index (Phi) is 10.9. The number of amides is 2. The Morgan fingerprint density at radius 1 is 0.953 bits per heavy atom. The van der Waals surface area contributed by atoms with E-state index in [1.807, 2.05) is 75.4 Å². The first-order chi connectivity index (χ1) is 20.7. The summed E-state index contributed by atoms with van der Waals surface area (Å²) in [7, 11) is 0. The lowest BCUT2D eigenvalue weighted by Gasteiger charge is -2.31. The van der Waals surface area contributed by atoms with Gasteiger partial charge in [-0.05, 0) is 68.7 Å². The highest BCUT2D eigenvalue weighted by atomic mass is 16.6. The van der Waals surface area contributed by atoms with Crippen LogP contribution in [0, 0.1) is 11.3 Å². The number of hydrogen-bond donors (Lipinski definition) is 1. The van der Waals surface area contributed by atoms with Crippen molar-refractivity contribution in [1.82, 2.24) is 10.2 Å². The number of hydrogen-bond acceptors (Lipinski definition) is 7. The van der Waals surface area contributed by atoms with Crippen LogP contribution in [0.3, 0.4) is 0 Å². The maximum Gasteiger partial charge on any atom is 0.410 e. The van der Waals surface area contributed by atoms with Gasteiger partial charge in [0.25, 0.3) is 0 Å². The highest BCUT2D eigenvalue weighted by Gasteiger charge is 2.25. The van der Waals surface area contributed by atoms with E-state index in [-0.39, 0.29) is 31.5 Å². The van der Waals surface area contributed by atoms with Gasteiger partial charge in [-0.1, -0.05) is 48.5 Å². The number of carbonyl (C=O) groups excluding carboxylic acids is 2. The van der Waals surface area contributed by atoms with Crippen molar-refractivity contribution >= 4 is 12.2 Å². The maximum atomic E-state index is 12.5. The second kappa shape index (κ2) is 15.0. The van der Waals surface area contributed by atoms with Crippen LogP contribution in [0.1, 0.15) is 50.3 Å². The van der Waals surface area contributed by atoms with Gasteiger partial charge < -0.3 is 29.2 Å². The molecule has 4 rings (SSSR count). The normalized spacial score (nSPS) is 14.2. The van der Waals surface area contributed by atoms with Gasteiger partial charge in [0.2, 0.25) is 0 Å². The van der Waals surface area contributed by atoms with Gasteiger partial charge in [-0.3, -0.25) is 0 Å². The molecule has 0 saturated carbocycles. The molecule has 1 fully saturated rings. The van der Waals surface area contributed by atoms with E-state index in [1.165, 1.54) is 0 Å². The molecule has 1 atom stereocenters. The van der Waals surface area contributed by atoms with Crippen molar-refractivity contribution in [3.63, 3.8) is 0 Å². The zero-order chi connectivity index (χ0) is 30.7. The minimum Gasteiger partial charge on any atom is -0.491 e. The number of carbonyl (C=O) groups is 2. The molecular formula is C34H39N3O6. The van der Waals surface area contributed by atoms with Crippen molar-refractivity contribution in [2.24, 2.45) is 0 Å². The molecule has 0 radical (unpaired) electrons. The Morgan fingerprint density at radius 2 is 1.67 bits per heavy atom. The molecule has 1 aliphatic heterocycles. The molecule has 0 aliphatic carbocycles. The monoisotopic (exact) mass is 585 g/mol. The lowest BCUT2D eigenvalue weighted by Crippen LogP contribution is -2.43. The van der Waals surface area contributed by atoms with Crippen molar-refractivity contribution in [2.45, 2.75) is 64.4 Å². The van der Waals surface area contributed by atoms with Crippen LogP contribution < -0.4 is 14.8 Å². The van der Waals surface area contributed by atoms with Crippen molar-refractivity contribution in [1.29, 1.82) is 5.26 Å². The van der Waals surface area contributed by atoms with Crippen molar-refractivity contribution in [3.8, 4) is 17.6 Å². The Labute approximate surface area is 253 Å². The number of ether oxygens (including phenoxy) is 4. The smallest absolute Gasteiger partial charge is 0.410 e. The summed E-state index contributed by atoms with van der Waals surface area (Å²) >= 11 is 0. The Hall–Kier alpha value is -4.71. The number of benzene rings is 3. The molecule has 3 aromatic rings. The largest absolute Gasteiger partial charge is 0.491 e. The van der Waals surface area contributed by atoms with Gasteiger partial charge in [0.15, 0.2) is 0 Å². The van der Waals surface area contributed by atoms with E-state index >= 15 is 0 Å². The fourth-order valence-electron chi connectivity index (χ4n) is 4.63. The Bertz CT molecular complexity index is 1370. The van der Waals surface area contributed by atoms with Gasteiger partial charge in [-0.25, -0.2) is 9.59 Å². The molecule has 1 heterocycles. The summed E-state index contributed by atoms with van der Waals surface area (Å²) in [6, 6.07) is 26.0. The Balaban J connectivity index is 1.27. The summed E-state index contributed by atoms with van der Waals surface area (Å²) in [5.74, 6) is 1.30. The van der Waals surface area contributed by atoms with Gasteiger partial charge in [0.05, 0.1) is 17.7 Å². The first-order valence-corrected chi connectivity index (χ1v) is 14.5. The molecule has 0 spiro atoms. The maximum absolute atomic E-state index is 12.5. The van der Waals surface area contributed by atoms with Gasteiger partial charge in [-0.15, -0.1) is 0 Å². The second-order valence-corrected chi connectivity index (χ2v) is 11.5. The lowest BCUT2D eigenvalue weighted by molar-refractivity contribution is 0.0487. The minimum atomic E-state index is -0.631. The third-order valence-corrected chi connectivity index (χ3v) is 6.75. The molecule has 0 aromatic heterocycles. The number of nitriles is 1. The SMILES string of the molecule is CC(C)(C)OC(=O)N[C@H](COc1cccc(C#N)c1)Cc1ccc(OC2CCN(C(=O)OCc3ccccc3)CC2)cc1. The molecule has 1 saturated heterocycles. The molecule has 1 aliphatic rings. The fourth-order valence-corrected chi connectivity index (χ4v) is 4.63. The summed E-state index contributed by atoms with van der Waals surface area (Å²) in [6.45, 7) is 7.04. The highest BCUT2D eigenvalue weighted by molar-refractivity contribution is 5.68. The van der Waals surface area contributed by atoms with Gasteiger partial charge in [0, 0.05) is 25.9 Å². The number of nitrogens with one attached hydrogen (secondary N) is 1. The topological polar surface area (TPSA) is 110 Å².